The molecule has 0 aromatic carbocycles. The minimum atomic E-state index is 0.674. The smallest absolute Gasteiger partial charge is 0.0169 e. The predicted octanol–water partition coefficient (Wildman–Crippen LogP) is 1.56. The van der Waals surface area contributed by atoms with Gasteiger partial charge in [0.15, 0.2) is 0 Å². The van der Waals surface area contributed by atoms with Crippen LogP contribution >= 0.6 is 11.8 Å². The van der Waals surface area contributed by atoms with Crippen LogP contribution in [0.2, 0.25) is 0 Å². The maximum Gasteiger partial charge on any atom is 0.0169 e. The van der Waals surface area contributed by atoms with Gasteiger partial charge in [0, 0.05) is 31.2 Å². The average Bonchev–Trinajstić information content (AvgIpc) is 2.18. The van der Waals surface area contributed by atoms with Gasteiger partial charge in [0.2, 0.25) is 0 Å². The summed E-state index contributed by atoms with van der Waals surface area (Å²) in [5.74, 6) is 2.74. The molecule has 82 valence electrons. The second-order valence-corrected chi connectivity index (χ2v) is 5.99. The van der Waals surface area contributed by atoms with Crippen molar-refractivity contribution in [1.82, 2.24) is 10.2 Å². The maximum absolute atomic E-state index is 3.60. The number of hydrogen-bond donors (Lipinski definition) is 1. The van der Waals surface area contributed by atoms with E-state index < -0.39 is 0 Å². The highest BCUT2D eigenvalue weighted by molar-refractivity contribution is 7.99. The van der Waals surface area contributed by atoms with Gasteiger partial charge >= 0.3 is 0 Å². The Hall–Kier alpha value is 0.270. The van der Waals surface area contributed by atoms with Crippen molar-refractivity contribution in [2.75, 3.05) is 24.6 Å². The SMILES string of the molecule is CC1CN(C2CCSCC2)CC(C)N1. The number of rotatable bonds is 1. The van der Waals surface area contributed by atoms with E-state index in [0.29, 0.717) is 12.1 Å². The first-order chi connectivity index (χ1) is 6.75. The summed E-state index contributed by atoms with van der Waals surface area (Å²) in [6.45, 7) is 7.11. The van der Waals surface area contributed by atoms with Crippen molar-refractivity contribution in [3.8, 4) is 0 Å². The fourth-order valence-corrected chi connectivity index (χ4v) is 3.80. The van der Waals surface area contributed by atoms with Gasteiger partial charge in [-0.05, 0) is 38.2 Å². The van der Waals surface area contributed by atoms with Gasteiger partial charge in [-0.1, -0.05) is 0 Å². The Morgan fingerprint density at radius 3 is 2.21 bits per heavy atom. The summed E-state index contributed by atoms with van der Waals surface area (Å²) < 4.78 is 0. The molecule has 2 saturated heterocycles. The Labute approximate surface area is 91.8 Å². The van der Waals surface area contributed by atoms with Gasteiger partial charge in [0.1, 0.15) is 0 Å². The van der Waals surface area contributed by atoms with Gasteiger partial charge in [0.25, 0.3) is 0 Å². The van der Waals surface area contributed by atoms with Crippen LogP contribution < -0.4 is 5.32 Å². The van der Waals surface area contributed by atoms with Crippen molar-refractivity contribution in [2.24, 2.45) is 0 Å². The van der Waals surface area contributed by atoms with E-state index in [1.807, 2.05) is 0 Å². The molecule has 0 spiro atoms. The van der Waals surface area contributed by atoms with Crippen molar-refractivity contribution in [2.45, 2.75) is 44.8 Å². The molecule has 2 unspecified atom stereocenters. The van der Waals surface area contributed by atoms with Gasteiger partial charge in [-0.25, -0.2) is 0 Å². The normalized spacial score (nSPS) is 37.3. The van der Waals surface area contributed by atoms with Crippen LogP contribution in [0.5, 0.6) is 0 Å². The largest absolute Gasteiger partial charge is 0.309 e. The third-order valence-electron chi connectivity index (χ3n) is 3.29. The Bertz CT molecular complexity index is 170. The number of hydrogen-bond acceptors (Lipinski definition) is 3. The summed E-state index contributed by atoms with van der Waals surface area (Å²) in [5, 5.41) is 3.60. The predicted molar refractivity (Wildman–Crippen MR) is 64.0 cm³/mol. The lowest BCUT2D eigenvalue weighted by atomic mass is 10.0. The Kier molecular flexibility index (Phi) is 3.74. The molecule has 3 heteroatoms. The molecule has 2 fully saturated rings. The Morgan fingerprint density at radius 2 is 1.64 bits per heavy atom. The van der Waals surface area contributed by atoms with Crippen molar-refractivity contribution in [1.29, 1.82) is 0 Å². The third-order valence-corrected chi connectivity index (χ3v) is 4.34. The van der Waals surface area contributed by atoms with E-state index in [9.17, 15) is 0 Å². The van der Waals surface area contributed by atoms with Gasteiger partial charge in [-0.3, -0.25) is 4.90 Å². The van der Waals surface area contributed by atoms with E-state index in [0.717, 1.165) is 6.04 Å². The molecule has 0 aliphatic carbocycles. The van der Waals surface area contributed by atoms with Crippen LogP contribution in [0.1, 0.15) is 26.7 Å². The van der Waals surface area contributed by atoms with Gasteiger partial charge < -0.3 is 5.32 Å². The summed E-state index contributed by atoms with van der Waals surface area (Å²) in [7, 11) is 0. The molecule has 2 aliphatic rings. The zero-order chi connectivity index (χ0) is 9.97. The highest BCUT2D eigenvalue weighted by Crippen LogP contribution is 2.23. The van der Waals surface area contributed by atoms with Crippen LogP contribution in [0.3, 0.4) is 0 Å². The zero-order valence-electron chi connectivity index (χ0n) is 9.33. The molecule has 0 aromatic rings. The molecule has 1 N–H and O–H groups in total. The Balaban J connectivity index is 1.88. The van der Waals surface area contributed by atoms with Crippen LogP contribution in [0.25, 0.3) is 0 Å². The Morgan fingerprint density at radius 1 is 1.07 bits per heavy atom. The molecule has 0 amide bonds. The molecule has 0 saturated carbocycles. The first kappa shape index (κ1) is 10.8. The zero-order valence-corrected chi connectivity index (χ0v) is 10.1. The van der Waals surface area contributed by atoms with Crippen LogP contribution in [0.15, 0.2) is 0 Å². The molecule has 2 heterocycles. The average molecular weight is 214 g/mol. The molecule has 0 aromatic heterocycles. The fraction of sp³-hybridized carbons (Fsp3) is 1.00. The van der Waals surface area contributed by atoms with E-state index in [4.69, 9.17) is 0 Å². The van der Waals surface area contributed by atoms with Gasteiger partial charge in [-0.2, -0.15) is 11.8 Å². The van der Waals surface area contributed by atoms with E-state index >= 15 is 0 Å². The summed E-state index contributed by atoms with van der Waals surface area (Å²) in [6.07, 6.45) is 2.81. The lowest BCUT2D eigenvalue weighted by Gasteiger charge is -2.42. The minimum Gasteiger partial charge on any atom is -0.309 e. The second kappa shape index (κ2) is 4.86. The first-order valence-corrected chi connectivity index (χ1v) is 6.99. The van der Waals surface area contributed by atoms with E-state index in [1.165, 1.54) is 37.4 Å². The number of thioether (sulfide) groups is 1. The molecule has 2 atom stereocenters. The van der Waals surface area contributed by atoms with Crippen molar-refractivity contribution < 1.29 is 0 Å². The van der Waals surface area contributed by atoms with Crippen molar-refractivity contribution in [3.63, 3.8) is 0 Å². The van der Waals surface area contributed by atoms with Crippen LogP contribution in [-0.4, -0.2) is 47.6 Å². The monoisotopic (exact) mass is 214 g/mol. The van der Waals surface area contributed by atoms with Crippen LogP contribution in [0.4, 0.5) is 0 Å². The molecule has 0 radical (unpaired) electrons. The summed E-state index contributed by atoms with van der Waals surface area (Å²) >= 11 is 2.12. The molecule has 2 rings (SSSR count). The molecular formula is C11H22N2S. The lowest BCUT2D eigenvalue weighted by molar-refractivity contribution is 0.117. The highest BCUT2D eigenvalue weighted by atomic mass is 32.2. The molecule has 0 bridgehead atoms. The quantitative estimate of drug-likeness (QED) is 0.713. The lowest BCUT2D eigenvalue weighted by Crippen LogP contribution is -2.57. The third kappa shape index (κ3) is 2.65. The van der Waals surface area contributed by atoms with Crippen molar-refractivity contribution in [3.05, 3.63) is 0 Å². The van der Waals surface area contributed by atoms with Gasteiger partial charge in [-0.15, -0.1) is 0 Å². The minimum absolute atomic E-state index is 0.674. The molecule has 2 aliphatic heterocycles. The number of piperazine rings is 1. The summed E-state index contributed by atoms with van der Waals surface area (Å²) in [5.41, 5.74) is 0. The first-order valence-electron chi connectivity index (χ1n) is 5.83. The molecule has 14 heavy (non-hydrogen) atoms. The topological polar surface area (TPSA) is 15.3 Å². The highest BCUT2D eigenvalue weighted by Gasteiger charge is 2.27. The van der Waals surface area contributed by atoms with Gasteiger partial charge in [0.05, 0.1) is 0 Å². The van der Waals surface area contributed by atoms with E-state index in [-0.39, 0.29) is 0 Å². The van der Waals surface area contributed by atoms with Crippen molar-refractivity contribution >= 4 is 11.8 Å². The van der Waals surface area contributed by atoms with E-state index in [1.54, 1.807) is 0 Å². The van der Waals surface area contributed by atoms with E-state index in [2.05, 4.69) is 35.8 Å². The standard InChI is InChI=1S/C11H22N2S/c1-9-7-13(8-10(2)12-9)11-3-5-14-6-4-11/h9-12H,3-8H2,1-2H3. The summed E-state index contributed by atoms with van der Waals surface area (Å²) in [6, 6.07) is 2.23. The van der Waals surface area contributed by atoms with Crippen LogP contribution in [0, 0.1) is 0 Å². The van der Waals surface area contributed by atoms with Crippen LogP contribution in [-0.2, 0) is 0 Å². The fourth-order valence-electron chi connectivity index (χ4n) is 2.72. The molecule has 2 nitrogen and oxygen atoms in total. The maximum atomic E-state index is 3.60. The summed E-state index contributed by atoms with van der Waals surface area (Å²) in [4.78, 5) is 2.71. The second-order valence-electron chi connectivity index (χ2n) is 4.77. The number of nitrogens with zero attached hydrogens (tertiary/aromatic N) is 1. The number of nitrogens with one attached hydrogen (secondary N) is 1. The molecular weight excluding hydrogens is 192 g/mol.